The summed E-state index contributed by atoms with van der Waals surface area (Å²) in [6, 6.07) is 11.0. The highest BCUT2D eigenvalue weighted by Gasteiger charge is 2.14. The fourth-order valence-electron chi connectivity index (χ4n) is 3.05. The number of rotatable bonds is 6. The van der Waals surface area contributed by atoms with Gasteiger partial charge < -0.3 is 14.5 Å². The second-order valence-corrected chi connectivity index (χ2v) is 6.53. The van der Waals surface area contributed by atoms with E-state index in [-0.39, 0.29) is 5.75 Å². The number of halogens is 2. The largest absolute Gasteiger partial charge is 0.454 e. The molecular weight excluding hydrogens is 322 g/mol. The van der Waals surface area contributed by atoms with E-state index in [9.17, 15) is 8.78 Å². The quantitative estimate of drug-likeness (QED) is 0.788. The van der Waals surface area contributed by atoms with E-state index < -0.39 is 11.6 Å². The summed E-state index contributed by atoms with van der Waals surface area (Å²) in [7, 11) is 2.15. The van der Waals surface area contributed by atoms with Gasteiger partial charge >= 0.3 is 0 Å². The van der Waals surface area contributed by atoms with Gasteiger partial charge in [0.2, 0.25) is 0 Å². The first-order valence-electron chi connectivity index (χ1n) is 8.73. The maximum atomic E-state index is 13.8. The first-order chi connectivity index (χ1) is 12.1. The lowest BCUT2D eigenvalue weighted by Crippen LogP contribution is -2.44. The molecule has 1 heterocycles. The lowest BCUT2D eigenvalue weighted by atomic mass is 10.1. The van der Waals surface area contributed by atoms with Crippen LogP contribution in [0.5, 0.6) is 11.5 Å². The smallest absolute Gasteiger partial charge is 0.168 e. The van der Waals surface area contributed by atoms with Crippen molar-refractivity contribution in [2.75, 3.05) is 39.8 Å². The summed E-state index contributed by atoms with van der Waals surface area (Å²) < 4.78 is 32.5. The van der Waals surface area contributed by atoms with Crippen molar-refractivity contribution in [2.24, 2.45) is 0 Å². The molecule has 0 atom stereocenters. The number of piperazine rings is 1. The van der Waals surface area contributed by atoms with Crippen LogP contribution in [0.25, 0.3) is 0 Å². The summed E-state index contributed by atoms with van der Waals surface area (Å²) in [6.07, 6.45) is 1.89. The molecule has 2 aromatic rings. The van der Waals surface area contributed by atoms with Crippen LogP contribution >= 0.6 is 0 Å². The van der Waals surface area contributed by atoms with Crippen LogP contribution in [0, 0.1) is 11.6 Å². The Morgan fingerprint density at radius 3 is 2.48 bits per heavy atom. The summed E-state index contributed by atoms with van der Waals surface area (Å²) >= 11 is 0. The van der Waals surface area contributed by atoms with Gasteiger partial charge in [-0.2, -0.15) is 0 Å². The summed E-state index contributed by atoms with van der Waals surface area (Å²) in [6.45, 7) is 5.49. The number of hydrogen-bond acceptors (Lipinski definition) is 3. The maximum Gasteiger partial charge on any atom is 0.168 e. The maximum absolute atomic E-state index is 13.8. The molecule has 1 aliphatic heterocycles. The fraction of sp³-hybridized carbons (Fsp3) is 0.400. The SMILES string of the molecule is CN1CCN(CCCc2ccccc2Oc2ccc(F)cc2F)CC1. The predicted molar refractivity (Wildman–Crippen MR) is 95.1 cm³/mol. The van der Waals surface area contributed by atoms with E-state index in [1.54, 1.807) is 0 Å². The highest BCUT2D eigenvalue weighted by atomic mass is 19.1. The molecule has 1 saturated heterocycles. The molecule has 134 valence electrons. The van der Waals surface area contributed by atoms with Gasteiger partial charge in [-0.15, -0.1) is 0 Å². The first-order valence-corrected chi connectivity index (χ1v) is 8.73. The minimum Gasteiger partial charge on any atom is -0.454 e. The van der Waals surface area contributed by atoms with Gasteiger partial charge in [0.15, 0.2) is 11.6 Å². The van der Waals surface area contributed by atoms with Crippen LogP contribution < -0.4 is 4.74 Å². The molecule has 0 N–H and O–H groups in total. The van der Waals surface area contributed by atoms with Crippen LogP contribution in [-0.4, -0.2) is 49.6 Å². The van der Waals surface area contributed by atoms with Crippen molar-refractivity contribution in [3.8, 4) is 11.5 Å². The number of ether oxygens (including phenoxy) is 1. The predicted octanol–water partition coefficient (Wildman–Crippen LogP) is 3.94. The molecule has 3 rings (SSSR count). The molecule has 0 amide bonds. The monoisotopic (exact) mass is 346 g/mol. The Hall–Kier alpha value is -1.98. The second-order valence-electron chi connectivity index (χ2n) is 6.53. The standard InChI is InChI=1S/C20H24F2N2O/c1-23-11-13-24(14-12-23)10-4-6-16-5-2-3-7-19(16)25-20-9-8-17(21)15-18(20)22/h2-3,5,7-9,15H,4,6,10-14H2,1H3. The van der Waals surface area contributed by atoms with Crippen LogP contribution in [0.1, 0.15) is 12.0 Å². The van der Waals surface area contributed by atoms with Crippen molar-refractivity contribution in [3.63, 3.8) is 0 Å². The summed E-state index contributed by atoms with van der Waals surface area (Å²) in [5, 5.41) is 0. The van der Waals surface area contributed by atoms with Crippen molar-refractivity contribution in [3.05, 3.63) is 59.7 Å². The zero-order valence-corrected chi connectivity index (χ0v) is 14.5. The Kier molecular flexibility index (Phi) is 6.00. The molecule has 3 nitrogen and oxygen atoms in total. The number of benzene rings is 2. The Balaban J connectivity index is 1.59. The Morgan fingerprint density at radius 2 is 1.72 bits per heavy atom. The highest BCUT2D eigenvalue weighted by molar-refractivity contribution is 5.38. The second kappa shape index (κ2) is 8.41. The Bertz CT molecular complexity index is 700. The normalized spacial score (nSPS) is 16.1. The zero-order valence-electron chi connectivity index (χ0n) is 14.5. The number of likely N-dealkylation sites (N-methyl/N-ethyl adjacent to an activating group) is 1. The lowest BCUT2D eigenvalue weighted by molar-refractivity contribution is 0.153. The van der Waals surface area contributed by atoms with E-state index in [1.807, 2.05) is 24.3 Å². The van der Waals surface area contributed by atoms with Crippen molar-refractivity contribution < 1.29 is 13.5 Å². The fourth-order valence-corrected chi connectivity index (χ4v) is 3.05. The van der Waals surface area contributed by atoms with E-state index in [0.29, 0.717) is 5.75 Å². The minimum absolute atomic E-state index is 0.0490. The van der Waals surface area contributed by atoms with Crippen LogP contribution in [0.3, 0.4) is 0 Å². The molecule has 25 heavy (non-hydrogen) atoms. The van der Waals surface area contributed by atoms with Crippen molar-refractivity contribution in [1.82, 2.24) is 9.80 Å². The van der Waals surface area contributed by atoms with Crippen LogP contribution in [0.15, 0.2) is 42.5 Å². The van der Waals surface area contributed by atoms with Crippen LogP contribution in [-0.2, 0) is 6.42 Å². The zero-order chi connectivity index (χ0) is 17.6. The Morgan fingerprint density at radius 1 is 0.960 bits per heavy atom. The molecule has 1 fully saturated rings. The molecule has 0 aromatic heterocycles. The number of nitrogens with zero attached hydrogens (tertiary/aromatic N) is 2. The first kappa shape index (κ1) is 17.8. The van der Waals surface area contributed by atoms with Gasteiger partial charge in [0.25, 0.3) is 0 Å². The Labute approximate surface area is 147 Å². The van der Waals surface area contributed by atoms with Crippen molar-refractivity contribution >= 4 is 0 Å². The topological polar surface area (TPSA) is 15.7 Å². The third kappa shape index (κ3) is 5.00. The lowest BCUT2D eigenvalue weighted by Gasteiger charge is -2.32. The third-order valence-electron chi connectivity index (χ3n) is 4.60. The molecule has 0 unspecified atom stereocenters. The van der Waals surface area contributed by atoms with E-state index in [2.05, 4.69) is 16.8 Å². The number of para-hydroxylation sites is 1. The molecular formula is C20H24F2N2O. The third-order valence-corrected chi connectivity index (χ3v) is 4.60. The molecule has 0 bridgehead atoms. The summed E-state index contributed by atoms with van der Waals surface area (Å²) in [5.74, 6) is -0.614. The van der Waals surface area contributed by atoms with Gasteiger partial charge in [-0.05, 0) is 50.2 Å². The molecule has 5 heteroatoms. The minimum atomic E-state index is -0.688. The summed E-state index contributed by atoms with van der Waals surface area (Å²) in [5.41, 5.74) is 1.04. The van der Waals surface area contributed by atoms with Gasteiger partial charge in [0.1, 0.15) is 11.6 Å². The van der Waals surface area contributed by atoms with Gasteiger partial charge in [0, 0.05) is 32.2 Å². The van der Waals surface area contributed by atoms with Crippen LogP contribution in [0.4, 0.5) is 8.78 Å². The average Bonchev–Trinajstić information content (AvgIpc) is 2.60. The van der Waals surface area contributed by atoms with Gasteiger partial charge in [-0.3, -0.25) is 0 Å². The molecule has 1 aliphatic rings. The highest BCUT2D eigenvalue weighted by Crippen LogP contribution is 2.28. The van der Waals surface area contributed by atoms with Crippen molar-refractivity contribution in [1.29, 1.82) is 0 Å². The van der Waals surface area contributed by atoms with E-state index in [1.165, 1.54) is 12.1 Å². The van der Waals surface area contributed by atoms with E-state index in [4.69, 9.17) is 4.74 Å². The molecule has 2 aromatic carbocycles. The molecule has 0 radical (unpaired) electrons. The van der Waals surface area contributed by atoms with Crippen molar-refractivity contribution in [2.45, 2.75) is 12.8 Å². The molecule has 0 spiro atoms. The number of aryl methyl sites for hydroxylation is 1. The van der Waals surface area contributed by atoms with Gasteiger partial charge in [-0.1, -0.05) is 18.2 Å². The number of hydrogen-bond donors (Lipinski definition) is 0. The molecule has 0 saturated carbocycles. The molecule has 0 aliphatic carbocycles. The average molecular weight is 346 g/mol. The van der Waals surface area contributed by atoms with E-state index >= 15 is 0 Å². The van der Waals surface area contributed by atoms with E-state index in [0.717, 1.165) is 57.2 Å². The van der Waals surface area contributed by atoms with Gasteiger partial charge in [-0.25, -0.2) is 8.78 Å². The van der Waals surface area contributed by atoms with Crippen LogP contribution in [0.2, 0.25) is 0 Å². The van der Waals surface area contributed by atoms with Gasteiger partial charge in [0.05, 0.1) is 0 Å². The summed E-state index contributed by atoms with van der Waals surface area (Å²) in [4.78, 5) is 4.82.